The molecule has 0 saturated carbocycles. The van der Waals surface area contributed by atoms with Crippen LogP contribution in [-0.2, 0) is 24.8 Å². The second-order valence-electron chi connectivity index (χ2n) is 10.6. The number of benzene rings is 2. The molecule has 4 rings (SSSR count). The molecule has 9 heteroatoms. The number of piperidine rings is 1. The highest BCUT2D eigenvalue weighted by molar-refractivity contribution is 6.31. The number of halogens is 4. The molecule has 0 spiro atoms. The molecule has 2 aromatic carbocycles. The van der Waals surface area contributed by atoms with Crippen LogP contribution in [0.1, 0.15) is 50.6 Å². The Balaban J connectivity index is 1.50. The molecule has 0 unspecified atom stereocenters. The maximum absolute atomic E-state index is 13.0. The number of alkyl halides is 3. The number of anilines is 1. The monoisotopic (exact) mass is 520 g/mol. The van der Waals surface area contributed by atoms with Gasteiger partial charge in [-0.3, -0.25) is 4.79 Å². The molecule has 36 heavy (non-hydrogen) atoms. The summed E-state index contributed by atoms with van der Waals surface area (Å²) < 4.78 is 41.1. The molecule has 0 atom stereocenters. The lowest BCUT2D eigenvalue weighted by Gasteiger charge is -2.34. The van der Waals surface area contributed by atoms with Crippen molar-refractivity contribution in [3.63, 3.8) is 0 Å². The Labute approximate surface area is 214 Å². The molecular weight excluding hydrogens is 489 g/mol. The lowest BCUT2D eigenvalue weighted by Crippen LogP contribution is -2.38. The van der Waals surface area contributed by atoms with Crippen molar-refractivity contribution < 1.29 is 18.0 Å². The van der Waals surface area contributed by atoms with Crippen LogP contribution in [0, 0.1) is 11.3 Å². The van der Waals surface area contributed by atoms with Gasteiger partial charge < -0.3 is 14.8 Å². The highest BCUT2D eigenvalue weighted by atomic mass is 35.5. The van der Waals surface area contributed by atoms with E-state index in [4.69, 9.17) is 16.6 Å². The summed E-state index contributed by atoms with van der Waals surface area (Å²) in [5, 5.41) is 3.59. The molecule has 1 fully saturated rings. The average Bonchev–Trinajstić information content (AvgIpc) is 3.12. The number of amides is 1. The first-order valence-corrected chi connectivity index (χ1v) is 12.5. The van der Waals surface area contributed by atoms with E-state index in [9.17, 15) is 18.0 Å². The van der Waals surface area contributed by atoms with Crippen molar-refractivity contribution in [1.82, 2.24) is 14.9 Å². The second-order valence-corrected chi connectivity index (χ2v) is 11.0. The number of nitrogens with one attached hydrogen (secondary N) is 1. The van der Waals surface area contributed by atoms with Crippen molar-refractivity contribution in [2.24, 2.45) is 18.4 Å². The topological polar surface area (TPSA) is 50.2 Å². The molecule has 3 aromatic rings. The first kappa shape index (κ1) is 26.3. The van der Waals surface area contributed by atoms with Gasteiger partial charge in [0.15, 0.2) is 0 Å². The summed E-state index contributed by atoms with van der Waals surface area (Å²) in [5.74, 6) is -0.412. The summed E-state index contributed by atoms with van der Waals surface area (Å²) in [6.07, 6.45) is -3.39. The fourth-order valence-electron chi connectivity index (χ4n) is 4.55. The Hall–Kier alpha value is -2.74. The molecule has 0 aliphatic carbocycles. The SMILES string of the molecule is Cn1c(Cc2cc(CNC(=O)C(C)(C)C)ccc2Cl)nc2cc(N3CCC(C(F)(F)F)CC3)ccc21. The summed E-state index contributed by atoms with van der Waals surface area (Å²) in [7, 11) is 1.94. The molecular formula is C27H32ClF3N4O. The second kappa shape index (κ2) is 9.96. The zero-order valence-corrected chi connectivity index (χ0v) is 21.8. The molecule has 1 N–H and O–H groups in total. The van der Waals surface area contributed by atoms with Crippen molar-refractivity contribution in [3.8, 4) is 0 Å². The van der Waals surface area contributed by atoms with Gasteiger partial charge >= 0.3 is 6.18 Å². The van der Waals surface area contributed by atoms with Gasteiger partial charge in [0.2, 0.25) is 5.91 Å². The third-order valence-corrected chi connectivity index (χ3v) is 7.24. The normalized spacial score (nSPS) is 15.5. The third kappa shape index (κ3) is 5.80. The van der Waals surface area contributed by atoms with Crippen LogP contribution in [0.5, 0.6) is 0 Å². The van der Waals surface area contributed by atoms with Crippen molar-refractivity contribution >= 4 is 34.2 Å². The standard InChI is InChI=1S/C27H32ClF3N4O/c1-26(2,3)25(36)32-16-17-5-7-21(28)18(13-17)14-24-33-22-15-20(6-8-23(22)34(24)4)35-11-9-19(10-12-35)27(29,30)31/h5-8,13,15,19H,9-12,14,16H2,1-4H3,(H,32,36). The van der Waals surface area contributed by atoms with Crippen LogP contribution in [0.4, 0.5) is 18.9 Å². The third-order valence-electron chi connectivity index (χ3n) is 6.87. The van der Waals surface area contributed by atoms with Gasteiger partial charge in [-0.2, -0.15) is 13.2 Å². The maximum Gasteiger partial charge on any atom is 0.391 e. The van der Waals surface area contributed by atoms with Crippen molar-refractivity contribution in [1.29, 1.82) is 0 Å². The highest BCUT2D eigenvalue weighted by Gasteiger charge is 2.41. The van der Waals surface area contributed by atoms with E-state index in [1.807, 2.05) is 73.7 Å². The minimum absolute atomic E-state index is 0.0206. The quantitative estimate of drug-likeness (QED) is 0.432. The van der Waals surface area contributed by atoms with Crippen LogP contribution in [-0.4, -0.2) is 34.7 Å². The van der Waals surface area contributed by atoms with Gasteiger partial charge in [0.25, 0.3) is 0 Å². The van der Waals surface area contributed by atoms with Crippen molar-refractivity contribution in [2.45, 2.75) is 52.8 Å². The number of imidazole rings is 1. The van der Waals surface area contributed by atoms with Crippen LogP contribution in [0.25, 0.3) is 11.0 Å². The minimum atomic E-state index is -4.12. The maximum atomic E-state index is 13.0. The molecule has 1 aliphatic heterocycles. The Morgan fingerprint density at radius 2 is 1.81 bits per heavy atom. The number of hydrogen-bond acceptors (Lipinski definition) is 3. The number of carbonyl (C=O) groups excluding carboxylic acids is 1. The fraction of sp³-hybridized carbons (Fsp3) is 0.481. The zero-order chi connectivity index (χ0) is 26.3. The highest BCUT2D eigenvalue weighted by Crippen LogP contribution is 2.36. The van der Waals surface area contributed by atoms with Gasteiger partial charge in [-0.25, -0.2) is 4.98 Å². The summed E-state index contributed by atoms with van der Waals surface area (Å²) in [6.45, 7) is 6.79. The van der Waals surface area contributed by atoms with E-state index < -0.39 is 17.5 Å². The number of nitrogens with zero attached hydrogens (tertiary/aromatic N) is 3. The zero-order valence-electron chi connectivity index (χ0n) is 21.0. The summed E-state index contributed by atoms with van der Waals surface area (Å²) >= 11 is 6.49. The van der Waals surface area contributed by atoms with Gasteiger partial charge in [-0.05, 0) is 48.2 Å². The van der Waals surface area contributed by atoms with E-state index in [1.54, 1.807) is 0 Å². The Morgan fingerprint density at radius 1 is 1.11 bits per heavy atom. The number of hydrogen-bond donors (Lipinski definition) is 1. The van der Waals surface area contributed by atoms with E-state index in [1.165, 1.54) is 0 Å². The van der Waals surface area contributed by atoms with Crippen LogP contribution in [0.3, 0.4) is 0 Å². The molecule has 194 valence electrons. The molecule has 2 heterocycles. The Bertz CT molecular complexity index is 1250. The predicted octanol–water partition coefficient (Wildman–Crippen LogP) is 6.26. The largest absolute Gasteiger partial charge is 0.391 e. The van der Waals surface area contributed by atoms with Gasteiger partial charge in [0, 0.05) is 49.2 Å². The minimum Gasteiger partial charge on any atom is -0.371 e. The summed E-state index contributed by atoms with van der Waals surface area (Å²) in [6, 6.07) is 11.6. The van der Waals surface area contributed by atoms with Gasteiger partial charge in [0.05, 0.1) is 17.0 Å². The van der Waals surface area contributed by atoms with E-state index >= 15 is 0 Å². The van der Waals surface area contributed by atoms with E-state index in [-0.39, 0.29) is 18.7 Å². The molecule has 0 bridgehead atoms. The lowest BCUT2D eigenvalue weighted by molar-refractivity contribution is -0.179. The van der Waals surface area contributed by atoms with Crippen LogP contribution < -0.4 is 10.2 Å². The number of rotatable bonds is 5. The number of aryl methyl sites for hydroxylation is 1. The van der Waals surface area contributed by atoms with E-state index in [0.29, 0.717) is 31.1 Å². The van der Waals surface area contributed by atoms with E-state index in [2.05, 4.69) is 5.32 Å². The number of fused-ring (bicyclic) bond motifs is 1. The molecule has 1 amide bonds. The number of aromatic nitrogens is 2. The van der Waals surface area contributed by atoms with Gasteiger partial charge in [-0.15, -0.1) is 0 Å². The van der Waals surface area contributed by atoms with Crippen molar-refractivity contribution in [3.05, 3.63) is 58.4 Å². The molecule has 1 aromatic heterocycles. The van der Waals surface area contributed by atoms with Crippen molar-refractivity contribution in [2.75, 3.05) is 18.0 Å². The molecule has 1 aliphatic rings. The lowest BCUT2D eigenvalue weighted by atomic mass is 9.95. The van der Waals surface area contributed by atoms with Gasteiger partial charge in [0.1, 0.15) is 5.82 Å². The fourth-order valence-corrected chi connectivity index (χ4v) is 4.73. The average molecular weight is 521 g/mol. The predicted molar refractivity (Wildman–Crippen MR) is 137 cm³/mol. The molecule has 5 nitrogen and oxygen atoms in total. The first-order valence-electron chi connectivity index (χ1n) is 12.2. The van der Waals surface area contributed by atoms with E-state index in [0.717, 1.165) is 33.7 Å². The Morgan fingerprint density at radius 3 is 2.44 bits per heavy atom. The van der Waals surface area contributed by atoms with Crippen LogP contribution in [0.2, 0.25) is 5.02 Å². The summed E-state index contributed by atoms with van der Waals surface area (Å²) in [4.78, 5) is 19.0. The summed E-state index contributed by atoms with van der Waals surface area (Å²) in [5.41, 5.74) is 4.04. The molecule has 1 saturated heterocycles. The van der Waals surface area contributed by atoms with Gasteiger partial charge in [-0.1, -0.05) is 44.5 Å². The smallest absolute Gasteiger partial charge is 0.371 e. The Kier molecular flexibility index (Phi) is 7.28. The van der Waals surface area contributed by atoms with Crippen LogP contribution >= 0.6 is 11.6 Å². The van der Waals surface area contributed by atoms with Crippen LogP contribution in [0.15, 0.2) is 36.4 Å². The first-order chi connectivity index (χ1) is 16.8. The molecule has 0 radical (unpaired) electrons. The number of carbonyl (C=O) groups is 1.